The number of nitrogens with zero attached hydrogens (tertiary/aromatic N) is 1. The Labute approximate surface area is 206 Å². The molecule has 0 aromatic heterocycles. The maximum absolute atomic E-state index is 12.8. The number of amides is 2. The summed E-state index contributed by atoms with van der Waals surface area (Å²) < 4.78 is 6.08. The summed E-state index contributed by atoms with van der Waals surface area (Å²) in [5, 5.41) is 1.81. The molecule has 1 aliphatic rings. The third-order valence-corrected chi connectivity index (χ3v) is 6.29. The van der Waals surface area contributed by atoms with Gasteiger partial charge in [0, 0.05) is 5.02 Å². The second kappa shape index (κ2) is 10.7. The molecular formula is C25H19ClN2O3S2. The quantitative estimate of drug-likeness (QED) is 0.352. The standard InChI is InChI=1S/C25H19ClN2O3S2/c26-20-10-6-19(7-11-20)16-31-21-12-8-18(9-13-21)14-22-24(30)28(25(32)33-22)27-23(29)15-17-4-2-1-3-5-17/h1-14H,15-16H2,(H,27,29). The average molecular weight is 495 g/mol. The number of benzene rings is 3. The van der Waals surface area contributed by atoms with Crippen LogP contribution in [-0.4, -0.2) is 21.1 Å². The summed E-state index contributed by atoms with van der Waals surface area (Å²) in [4.78, 5) is 25.5. The van der Waals surface area contributed by atoms with E-state index in [1.807, 2.05) is 78.9 Å². The third kappa shape index (κ3) is 6.22. The Morgan fingerprint density at radius 2 is 1.70 bits per heavy atom. The van der Waals surface area contributed by atoms with Crippen LogP contribution in [0.1, 0.15) is 16.7 Å². The summed E-state index contributed by atoms with van der Waals surface area (Å²) in [6.45, 7) is 0.428. The maximum Gasteiger partial charge on any atom is 0.285 e. The molecule has 0 spiro atoms. The Kier molecular flexibility index (Phi) is 7.44. The molecule has 1 N–H and O–H groups in total. The molecule has 0 unspecified atom stereocenters. The van der Waals surface area contributed by atoms with E-state index in [9.17, 15) is 9.59 Å². The number of rotatable bonds is 7. The van der Waals surface area contributed by atoms with E-state index in [1.165, 1.54) is 0 Å². The van der Waals surface area contributed by atoms with Crippen LogP contribution in [0.15, 0.2) is 83.8 Å². The summed E-state index contributed by atoms with van der Waals surface area (Å²) >= 11 is 12.3. The van der Waals surface area contributed by atoms with Crippen molar-refractivity contribution in [2.24, 2.45) is 0 Å². The predicted octanol–water partition coefficient (Wildman–Crippen LogP) is 5.39. The van der Waals surface area contributed by atoms with Crippen molar-refractivity contribution < 1.29 is 14.3 Å². The van der Waals surface area contributed by atoms with Crippen LogP contribution in [0.4, 0.5) is 0 Å². The molecule has 0 radical (unpaired) electrons. The molecule has 0 bridgehead atoms. The lowest BCUT2D eigenvalue weighted by Gasteiger charge is -2.15. The molecular weight excluding hydrogens is 476 g/mol. The molecule has 1 fully saturated rings. The number of carbonyl (C=O) groups excluding carboxylic acids is 2. The van der Waals surface area contributed by atoms with E-state index in [-0.39, 0.29) is 22.6 Å². The molecule has 3 aromatic rings. The van der Waals surface area contributed by atoms with Crippen molar-refractivity contribution in [3.8, 4) is 5.75 Å². The van der Waals surface area contributed by atoms with Gasteiger partial charge in [-0.2, -0.15) is 5.01 Å². The zero-order chi connectivity index (χ0) is 23.2. The summed E-state index contributed by atoms with van der Waals surface area (Å²) in [5.74, 6) is 0.0539. The number of nitrogens with one attached hydrogen (secondary N) is 1. The molecule has 4 rings (SSSR count). The molecule has 1 saturated heterocycles. The van der Waals surface area contributed by atoms with E-state index in [2.05, 4.69) is 5.43 Å². The van der Waals surface area contributed by atoms with Gasteiger partial charge in [-0.25, -0.2) is 0 Å². The van der Waals surface area contributed by atoms with E-state index in [0.29, 0.717) is 22.3 Å². The Morgan fingerprint density at radius 3 is 2.39 bits per heavy atom. The van der Waals surface area contributed by atoms with Crippen LogP contribution in [0.2, 0.25) is 5.02 Å². The largest absolute Gasteiger partial charge is 0.489 e. The van der Waals surface area contributed by atoms with Crippen LogP contribution in [0.25, 0.3) is 6.08 Å². The fourth-order valence-electron chi connectivity index (χ4n) is 3.07. The van der Waals surface area contributed by atoms with Crippen molar-refractivity contribution in [1.82, 2.24) is 10.4 Å². The normalized spacial score (nSPS) is 14.6. The summed E-state index contributed by atoms with van der Waals surface area (Å²) in [6, 6.07) is 24.2. The number of hydrogen-bond donors (Lipinski definition) is 1. The first-order chi connectivity index (χ1) is 16.0. The highest BCUT2D eigenvalue weighted by Crippen LogP contribution is 2.31. The van der Waals surface area contributed by atoms with Crippen molar-refractivity contribution in [2.45, 2.75) is 13.0 Å². The highest BCUT2D eigenvalue weighted by atomic mass is 35.5. The smallest absolute Gasteiger partial charge is 0.285 e. The SMILES string of the molecule is O=C(Cc1ccccc1)NN1C(=O)C(=Cc2ccc(OCc3ccc(Cl)cc3)cc2)SC1=S. The Balaban J connectivity index is 1.35. The lowest BCUT2D eigenvalue weighted by atomic mass is 10.1. The van der Waals surface area contributed by atoms with Crippen molar-refractivity contribution in [2.75, 3.05) is 0 Å². The lowest BCUT2D eigenvalue weighted by Crippen LogP contribution is -2.45. The van der Waals surface area contributed by atoms with Crippen LogP contribution >= 0.6 is 35.6 Å². The number of hydrazine groups is 1. The van der Waals surface area contributed by atoms with Gasteiger partial charge in [-0.05, 0) is 59.2 Å². The van der Waals surface area contributed by atoms with Crippen LogP contribution in [0.3, 0.4) is 0 Å². The average Bonchev–Trinajstić information content (AvgIpc) is 3.07. The molecule has 5 nitrogen and oxygen atoms in total. The molecule has 33 heavy (non-hydrogen) atoms. The number of carbonyl (C=O) groups is 2. The third-order valence-electron chi connectivity index (χ3n) is 4.73. The van der Waals surface area contributed by atoms with Crippen LogP contribution in [0, 0.1) is 0 Å². The molecule has 1 heterocycles. The fraction of sp³-hybridized carbons (Fsp3) is 0.0800. The molecule has 2 amide bonds. The molecule has 166 valence electrons. The Morgan fingerprint density at radius 1 is 1.00 bits per heavy atom. The van der Waals surface area contributed by atoms with Gasteiger partial charge in [-0.15, -0.1) is 0 Å². The van der Waals surface area contributed by atoms with E-state index >= 15 is 0 Å². The first-order valence-corrected chi connectivity index (χ1v) is 11.7. The first-order valence-electron chi connectivity index (χ1n) is 10.1. The second-order valence-corrected chi connectivity index (χ2v) is 9.31. The number of hydrogen-bond acceptors (Lipinski definition) is 5. The number of thiocarbonyl (C=S) groups is 1. The number of thioether (sulfide) groups is 1. The highest BCUT2D eigenvalue weighted by Gasteiger charge is 2.33. The van der Waals surface area contributed by atoms with E-state index in [1.54, 1.807) is 6.08 Å². The minimum absolute atomic E-state index is 0.161. The molecule has 3 aromatic carbocycles. The number of halogens is 1. The molecule has 8 heteroatoms. The van der Waals surface area contributed by atoms with E-state index in [4.69, 9.17) is 28.6 Å². The van der Waals surface area contributed by atoms with Crippen molar-refractivity contribution >= 4 is 57.8 Å². The van der Waals surface area contributed by atoms with Gasteiger partial charge in [0.2, 0.25) is 5.91 Å². The maximum atomic E-state index is 12.8. The van der Waals surface area contributed by atoms with Gasteiger partial charge in [0.1, 0.15) is 12.4 Å². The van der Waals surface area contributed by atoms with E-state index < -0.39 is 0 Å². The molecule has 0 aliphatic carbocycles. The van der Waals surface area contributed by atoms with Gasteiger partial charge in [0.05, 0.1) is 11.3 Å². The Bertz CT molecular complexity index is 1200. The minimum Gasteiger partial charge on any atom is -0.489 e. The number of ether oxygens (including phenoxy) is 1. The predicted molar refractivity (Wildman–Crippen MR) is 136 cm³/mol. The van der Waals surface area contributed by atoms with Crippen LogP contribution in [0.5, 0.6) is 5.75 Å². The zero-order valence-electron chi connectivity index (χ0n) is 17.4. The van der Waals surface area contributed by atoms with Gasteiger partial charge in [-0.3, -0.25) is 15.0 Å². The minimum atomic E-state index is -0.352. The van der Waals surface area contributed by atoms with Crippen LogP contribution in [-0.2, 0) is 22.6 Å². The zero-order valence-corrected chi connectivity index (χ0v) is 19.8. The van der Waals surface area contributed by atoms with Crippen molar-refractivity contribution in [3.63, 3.8) is 0 Å². The first kappa shape index (κ1) is 23.0. The summed E-state index contributed by atoms with van der Waals surface area (Å²) in [7, 11) is 0. The summed E-state index contributed by atoms with van der Waals surface area (Å²) in [5.41, 5.74) is 5.30. The topological polar surface area (TPSA) is 58.6 Å². The second-order valence-electron chi connectivity index (χ2n) is 7.20. The highest BCUT2D eigenvalue weighted by molar-refractivity contribution is 8.26. The fourth-order valence-corrected chi connectivity index (χ4v) is 4.37. The monoisotopic (exact) mass is 494 g/mol. The van der Waals surface area contributed by atoms with Gasteiger partial charge in [0.15, 0.2) is 4.32 Å². The molecule has 0 saturated carbocycles. The Hall–Kier alpha value is -3.13. The lowest BCUT2D eigenvalue weighted by molar-refractivity contribution is -0.132. The molecule has 1 aliphatic heterocycles. The van der Waals surface area contributed by atoms with E-state index in [0.717, 1.165) is 33.5 Å². The van der Waals surface area contributed by atoms with Gasteiger partial charge < -0.3 is 4.74 Å². The van der Waals surface area contributed by atoms with Gasteiger partial charge in [0.25, 0.3) is 5.91 Å². The van der Waals surface area contributed by atoms with Crippen LogP contribution < -0.4 is 10.2 Å². The van der Waals surface area contributed by atoms with Crippen molar-refractivity contribution in [1.29, 1.82) is 0 Å². The van der Waals surface area contributed by atoms with Gasteiger partial charge >= 0.3 is 0 Å². The molecule has 0 atom stereocenters. The van der Waals surface area contributed by atoms with Gasteiger partial charge in [-0.1, -0.05) is 78.0 Å². The van der Waals surface area contributed by atoms with Crippen molar-refractivity contribution in [3.05, 3.63) is 105 Å². The summed E-state index contributed by atoms with van der Waals surface area (Å²) in [6.07, 6.45) is 1.90.